The number of nitrogens with zero attached hydrogens (tertiary/aromatic N) is 2. The van der Waals surface area contributed by atoms with Crippen molar-refractivity contribution in [2.24, 2.45) is 17.8 Å². The lowest BCUT2D eigenvalue weighted by Gasteiger charge is -2.45. The van der Waals surface area contributed by atoms with Gasteiger partial charge in [-0.15, -0.1) is 0 Å². The summed E-state index contributed by atoms with van der Waals surface area (Å²) in [5.74, 6) is 1.90. The minimum absolute atomic E-state index is 0.0304. The summed E-state index contributed by atoms with van der Waals surface area (Å²) >= 11 is 6.40. The summed E-state index contributed by atoms with van der Waals surface area (Å²) < 4.78 is 28.3. The molecule has 3 heterocycles. The van der Waals surface area contributed by atoms with Gasteiger partial charge < -0.3 is 14.4 Å². The maximum atomic E-state index is 13.3. The van der Waals surface area contributed by atoms with Crippen LogP contribution in [0.4, 0.5) is 5.82 Å². The van der Waals surface area contributed by atoms with Crippen LogP contribution < -0.4 is 14.4 Å². The Morgan fingerprint density at radius 2 is 2.07 bits per heavy atom. The van der Waals surface area contributed by atoms with Gasteiger partial charge in [-0.1, -0.05) is 36.7 Å². The van der Waals surface area contributed by atoms with E-state index in [4.69, 9.17) is 26.1 Å². The number of anilines is 1. The van der Waals surface area contributed by atoms with E-state index in [9.17, 15) is 9.00 Å². The molecule has 2 bridgehead atoms. The van der Waals surface area contributed by atoms with Gasteiger partial charge in [0.15, 0.2) is 11.6 Å². The number of amides is 1. The second-order valence-corrected chi connectivity index (χ2v) is 14.4. The fourth-order valence-corrected chi connectivity index (χ4v) is 8.31. The average molecular weight is 598 g/mol. The van der Waals surface area contributed by atoms with Crippen molar-refractivity contribution in [3.8, 4) is 5.75 Å². The van der Waals surface area contributed by atoms with E-state index in [1.165, 1.54) is 11.1 Å². The molecule has 1 fully saturated rings. The highest BCUT2D eigenvalue weighted by molar-refractivity contribution is 7.84. The molecule has 0 saturated heterocycles. The predicted octanol–water partition coefficient (Wildman–Crippen LogP) is 5.63. The molecular weight excluding hydrogens is 558 g/mol. The molecule has 4 aliphatic rings. The first kappa shape index (κ1) is 28.7. The normalized spacial score (nSPS) is 34.3. The first-order valence-electron chi connectivity index (χ1n) is 14.9. The second kappa shape index (κ2) is 11.7. The quantitative estimate of drug-likeness (QED) is 0.429. The van der Waals surface area contributed by atoms with Crippen LogP contribution >= 0.6 is 11.6 Å². The van der Waals surface area contributed by atoms with E-state index >= 15 is 0 Å². The van der Waals surface area contributed by atoms with E-state index in [1.54, 1.807) is 13.2 Å². The topological polar surface area (TPSA) is 80.8 Å². The van der Waals surface area contributed by atoms with E-state index in [0.717, 1.165) is 56.6 Å². The van der Waals surface area contributed by atoms with E-state index in [2.05, 4.69) is 40.8 Å². The average Bonchev–Trinajstić information content (AvgIpc) is 3.10. The van der Waals surface area contributed by atoms with Gasteiger partial charge in [0.25, 0.3) is 5.91 Å². The fraction of sp³-hybridized carbons (Fsp3) is 0.562. The van der Waals surface area contributed by atoms with Gasteiger partial charge in [-0.2, -0.15) is 0 Å². The number of aromatic nitrogens is 1. The highest BCUT2D eigenvalue weighted by Crippen LogP contribution is 2.46. The van der Waals surface area contributed by atoms with Crippen molar-refractivity contribution in [3.63, 3.8) is 0 Å². The van der Waals surface area contributed by atoms with Crippen molar-refractivity contribution in [3.05, 3.63) is 64.3 Å². The molecule has 7 nitrogen and oxygen atoms in total. The Labute approximate surface area is 250 Å². The Balaban J connectivity index is 1.41. The lowest BCUT2D eigenvalue weighted by molar-refractivity contribution is 0.0131. The summed E-state index contributed by atoms with van der Waals surface area (Å²) in [7, 11) is 0.252. The molecule has 9 heteroatoms. The number of ether oxygens (including phenoxy) is 2. The Morgan fingerprint density at radius 1 is 1.22 bits per heavy atom. The summed E-state index contributed by atoms with van der Waals surface area (Å²) in [6.45, 7) is 6.07. The molecule has 6 unspecified atom stereocenters. The Hall–Kier alpha value is -2.42. The number of fused-ring (bicyclic) bond motifs is 4. The maximum absolute atomic E-state index is 13.3. The number of halogens is 1. The number of carbonyl (C=O) groups is 1. The first-order chi connectivity index (χ1) is 19.8. The van der Waals surface area contributed by atoms with Gasteiger partial charge in [0.1, 0.15) is 16.7 Å². The Bertz CT molecular complexity index is 1370. The summed E-state index contributed by atoms with van der Waals surface area (Å²) in [6, 6.07) is 9.80. The number of methoxy groups -OCH3 is 1. The Morgan fingerprint density at radius 3 is 2.85 bits per heavy atom. The number of hydrogen-bond acceptors (Lipinski definition) is 6. The van der Waals surface area contributed by atoms with Crippen molar-refractivity contribution in [2.45, 2.75) is 69.1 Å². The van der Waals surface area contributed by atoms with E-state index in [-0.39, 0.29) is 28.4 Å². The number of hydrogen-bond donors (Lipinski definition) is 1. The molecule has 0 radical (unpaired) electrons. The van der Waals surface area contributed by atoms with Crippen molar-refractivity contribution in [1.82, 2.24) is 9.71 Å². The van der Waals surface area contributed by atoms with Gasteiger partial charge in [-0.3, -0.25) is 9.52 Å². The van der Waals surface area contributed by atoms with Crippen LogP contribution in [0, 0.1) is 17.8 Å². The number of rotatable bonds is 1. The smallest absolute Gasteiger partial charge is 0.281 e. The van der Waals surface area contributed by atoms with Crippen LogP contribution in [-0.2, 0) is 27.6 Å². The van der Waals surface area contributed by atoms with Gasteiger partial charge in [0, 0.05) is 30.6 Å². The molecule has 7 atom stereocenters. The highest BCUT2D eigenvalue weighted by Gasteiger charge is 2.45. The zero-order chi connectivity index (χ0) is 28.7. The zero-order valence-electron chi connectivity index (χ0n) is 24.1. The lowest BCUT2D eigenvalue weighted by atomic mass is 9.68. The van der Waals surface area contributed by atoms with Gasteiger partial charge >= 0.3 is 0 Å². The maximum Gasteiger partial charge on any atom is 0.281 e. The van der Waals surface area contributed by atoms with Gasteiger partial charge in [-0.25, -0.2) is 9.19 Å². The second-order valence-electron chi connectivity index (χ2n) is 12.4. The minimum Gasteiger partial charge on any atom is -0.489 e. The SMILES string of the molecule is COC1/C=C/CC(C)C(C)S(=O)NC(=O)c2ccc3c(n2)N(CC2CCC21)C[C@@]1(CCCc2cc(Cl)ccc21)CO3. The molecule has 1 aromatic carbocycles. The number of pyridine rings is 1. The van der Waals surface area contributed by atoms with E-state index in [1.807, 2.05) is 19.1 Å². The van der Waals surface area contributed by atoms with Crippen molar-refractivity contribution >= 4 is 34.3 Å². The van der Waals surface area contributed by atoms with Crippen LogP contribution in [0.5, 0.6) is 5.75 Å². The summed E-state index contributed by atoms with van der Waals surface area (Å²) in [4.78, 5) is 20.5. The van der Waals surface area contributed by atoms with Crippen molar-refractivity contribution < 1.29 is 18.5 Å². The number of nitrogens with one attached hydrogen (secondary N) is 1. The molecule has 2 aliphatic carbocycles. The van der Waals surface area contributed by atoms with Crippen LogP contribution in [0.3, 0.4) is 0 Å². The monoisotopic (exact) mass is 597 g/mol. The molecule has 1 spiro atoms. The first-order valence-corrected chi connectivity index (χ1v) is 16.5. The van der Waals surface area contributed by atoms with Crippen LogP contribution in [0.25, 0.3) is 0 Å². The van der Waals surface area contributed by atoms with Crippen LogP contribution in [0.15, 0.2) is 42.5 Å². The molecule has 1 saturated carbocycles. The third-order valence-corrected chi connectivity index (χ3v) is 11.7. The molecule has 41 heavy (non-hydrogen) atoms. The summed E-state index contributed by atoms with van der Waals surface area (Å²) in [5.41, 5.74) is 2.63. The summed E-state index contributed by atoms with van der Waals surface area (Å²) in [6.07, 6.45) is 10.5. The lowest BCUT2D eigenvalue weighted by Crippen LogP contribution is -2.50. The number of benzene rings is 1. The van der Waals surface area contributed by atoms with E-state index < -0.39 is 16.9 Å². The largest absolute Gasteiger partial charge is 0.489 e. The molecule has 2 aromatic rings. The molecule has 6 rings (SSSR count). The fourth-order valence-electron chi connectivity index (χ4n) is 7.11. The summed E-state index contributed by atoms with van der Waals surface area (Å²) in [5, 5.41) is 0.548. The standard InChI is InChI=1S/C32H40ClN3O4S/c1-20-6-4-8-28(39-3)25-11-9-23(25)17-36-18-32(15-5-7-22-16-24(33)10-12-26(22)32)19-40-29-14-13-27(34-30(29)36)31(37)35-41(38)21(20)2/h4,8,10,12-14,16,20-21,23,25,28H,5-7,9,11,15,17-19H2,1-3H3,(H,35,37)/b8-4+/t20?,21?,23?,25?,28?,32-,41?/m0/s1. The number of allylic oxidation sites excluding steroid dienone is 1. The van der Waals surface area contributed by atoms with Gasteiger partial charge in [0.05, 0.1) is 18.0 Å². The number of aryl methyl sites for hydroxylation is 1. The molecule has 1 aromatic heterocycles. The minimum atomic E-state index is -1.54. The van der Waals surface area contributed by atoms with Gasteiger partial charge in [-0.05, 0) is 98.6 Å². The van der Waals surface area contributed by atoms with Crippen LogP contribution in [0.1, 0.15) is 67.6 Å². The zero-order valence-corrected chi connectivity index (χ0v) is 25.7. The highest BCUT2D eigenvalue weighted by atomic mass is 35.5. The molecule has 1 N–H and O–H groups in total. The predicted molar refractivity (Wildman–Crippen MR) is 163 cm³/mol. The van der Waals surface area contributed by atoms with Crippen LogP contribution in [0.2, 0.25) is 5.02 Å². The molecule has 220 valence electrons. The molecule has 2 aliphatic heterocycles. The van der Waals surface area contributed by atoms with Crippen molar-refractivity contribution in [1.29, 1.82) is 0 Å². The molecule has 1 amide bonds. The van der Waals surface area contributed by atoms with Crippen LogP contribution in [-0.4, -0.2) is 53.3 Å². The number of carbonyl (C=O) groups excluding carboxylic acids is 1. The third-order valence-electron chi connectivity index (χ3n) is 9.90. The van der Waals surface area contributed by atoms with Crippen molar-refractivity contribution in [2.75, 3.05) is 31.7 Å². The van der Waals surface area contributed by atoms with Gasteiger partial charge in [0.2, 0.25) is 0 Å². The Kier molecular flexibility index (Phi) is 8.18. The van der Waals surface area contributed by atoms with E-state index in [0.29, 0.717) is 30.0 Å². The third kappa shape index (κ3) is 5.55. The molecular formula is C32H40ClN3O4S.